The molecule has 0 bridgehead atoms. The van der Waals surface area contributed by atoms with Crippen LogP contribution >= 0.6 is 0 Å². The highest BCUT2D eigenvalue weighted by molar-refractivity contribution is 5.96. The standard InChI is InChI=1S/C15H24O.C15H22O/c2*1-3-4-5-6-7-8-15(16)14-11-9-13(2)10-12-14/h9-12,15-16H,3-8H2,1-2H3;9-12H,3-8H2,1-2H3. The highest BCUT2D eigenvalue weighted by Crippen LogP contribution is 2.20. The molecule has 0 aliphatic rings. The second-order valence-electron chi connectivity index (χ2n) is 9.08. The van der Waals surface area contributed by atoms with Crippen molar-refractivity contribution < 1.29 is 9.90 Å². The Balaban J connectivity index is 0.000000320. The molecule has 0 amide bonds. The molecule has 1 unspecified atom stereocenters. The molecule has 178 valence electrons. The summed E-state index contributed by atoms with van der Waals surface area (Å²) in [5, 5.41) is 9.97. The van der Waals surface area contributed by atoms with Gasteiger partial charge in [0.05, 0.1) is 6.10 Å². The fourth-order valence-corrected chi connectivity index (χ4v) is 3.67. The Morgan fingerprint density at radius 1 is 0.688 bits per heavy atom. The second kappa shape index (κ2) is 17.6. The number of Topliss-reactive ketones (excluding diaryl/α,β-unsaturated/α-hetero) is 1. The van der Waals surface area contributed by atoms with Crippen molar-refractivity contribution in [2.24, 2.45) is 0 Å². The van der Waals surface area contributed by atoms with Gasteiger partial charge in [-0.3, -0.25) is 4.79 Å². The van der Waals surface area contributed by atoms with E-state index in [0.29, 0.717) is 6.42 Å². The summed E-state index contributed by atoms with van der Waals surface area (Å²) in [5.74, 6) is 0.288. The SMILES string of the molecule is CCCCCCCC(=O)c1ccc(C)cc1.CCCCCCCC(O)c1ccc(C)cc1. The van der Waals surface area contributed by atoms with Gasteiger partial charge in [-0.25, -0.2) is 0 Å². The molecule has 0 saturated heterocycles. The lowest BCUT2D eigenvalue weighted by molar-refractivity contribution is 0.0979. The van der Waals surface area contributed by atoms with Crippen LogP contribution in [0.2, 0.25) is 0 Å². The van der Waals surface area contributed by atoms with Crippen LogP contribution in [0.15, 0.2) is 48.5 Å². The predicted octanol–water partition coefficient (Wildman–Crippen LogP) is 8.93. The number of aliphatic hydroxyl groups excluding tert-OH is 1. The first-order valence-electron chi connectivity index (χ1n) is 12.8. The summed E-state index contributed by atoms with van der Waals surface area (Å²) in [6, 6.07) is 16.1. The molecular weight excluding hydrogens is 392 g/mol. The van der Waals surface area contributed by atoms with Gasteiger partial charge in [0.25, 0.3) is 0 Å². The van der Waals surface area contributed by atoms with Gasteiger partial charge in [0.1, 0.15) is 0 Å². The third-order valence-corrected chi connectivity index (χ3v) is 5.92. The third-order valence-electron chi connectivity index (χ3n) is 5.92. The molecule has 0 fully saturated rings. The maximum atomic E-state index is 11.8. The van der Waals surface area contributed by atoms with E-state index >= 15 is 0 Å². The van der Waals surface area contributed by atoms with Crippen molar-refractivity contribution in [3.8, 4) is 0 Å². The number of aliphatic hydroxyl groups is 1. The number of hydrogen-bond donors (Lipinski definition) is 1. The summed E-state index contributed by atoms with van der Waals surface area (Å²) >= 11 is 0. The summed E-state index contributed by atoms with van der Waals surface area (Å²) in [7, 11) is 0. The second-order valence-corrected chi connectivity index (χ2v) is 9.08. The maximum absolute atomic E-state index is 11.8. The maximum Gasteiger partial charge on any atom is 0.162 e. The largest absolute Gasteiger partial charge is 0.388 e. The summed E-state index contributed by atoms with van der Waals surface area (Å²) in [4.78, 5) is 11.8. The van der Waals surface area contributed by atoms with Gasteiger partial charge in [0.2, 0.25) is 0 Å². The molecular formula is C30H46O2. The first-order valence-corrected chi connectivity index (χ1v) is 12.8. The van der Waals surface area contributed by atoms with Gasteiger partial charge < -0.3 is 5.11 Å². The van der Waals surface area contributed by atoms with E-state index in [-0.39, 0.29) is 11.9 Å². The fraction of sp³-hybridized carbons (Fsp3) is 0.567. The predicted molar refractivity (Wildman–Crippen MR) is 138 cm³/mol. The molecule has 2 rings (SSSR count). The van der Waals surface area contributed by atoms with E-state index in [0.717, 1.165) is 30.4 Å². The van der Waals surface area contributed by atoms with Crippen LogP contribution in [0.25, 0.3) is 0 Å². The molecule has 2 heteroatoms. The van der Waals surface area contributed by atoms with E-state index in [4.69, 9.17) is 0 Å². The Morgan fingerprint density at radius 3 is 1.69 bits per heavy atom. The van der Waals surface area contributed by atoms with Crippen molar-refractivity contribution in [1.82, 2.24) is 0 Å². The van der Waals surface area contributed by atoms with E-state index in [2.05, 4.69) is 32.9 Å². The molecule has 2 aromatic carbocycles. The van der Waals surface area contributed by atoms with Crippen molar-refractivity contribution in [2.75, 3.05) is 0 Å². The quantitative estimate of drug-likeness (QED) is 0.236. The number of rotatable bonds is 14. The number of carbonyl (C=O) groups is 1. The highest BCUT2D eigenvalue weighted by Gasteiger charge is 2.06. The molecule has 1 N–H and O–H groups in total. The summed E-state index contributed by atoms with van der Waals surface area (Å²) in [6.07, 6.45) is 13.6. The molecule has 0 aromatic heterocycles. The van der Waals surface area contributed by atoms with Gasteiger partial charge in [-0.1, -0.05) is 131 Å². The Hall–Kier alpha value is -1.93. The van der Waals surface area contributed by atoms with Crippen LogP contribution in [0, 0.1) is 13.8 Å². The molecule has 2 aromatic rings. The van der Waals surface area contributed by atoms with E-state index < -0.39 is 0 Å². The first kappa shape index (κ1) is 28.1. The van der Waals surface area contributed by atoms with E-state index in [1.165, 1.54) is 62.5 Å². The van der Waals surface area contributed by atoms with Crippen LogP contribution in [-0.4, -0.2) is 10.9 Å². The van der Waals surface area contributed by atoms with E-state index in [9.17, 15) is 9.90 Å². The molecule has 0 saturated carbocycles. The van der Waals surface area contributed by atoms with Gasteiger partial charge in [-0.15, -0.1) is 0 Å². The lowest BCUT2D eigenvalue weighted by atomic mass is 10.0. The number of aryl methyl sites for hydroxylation is 2. The molecule has 0 aliphatic carbocycles. The fourth-order valence-electron chi connectivity index (χ4n) is 3.67. The van der Waals surface area contributed by atoms with Gasteiger partial charge in [0.15, 0.2) is 5.78 Å². The first-order chi connectivity index (χ1) is 15.5. The van der Waals surface area contributed by atoms with Crippen molar-refractivity contribution in [2.45, 2.75) is 111 Å². The van der Waals surface area contributed by atoms with Crippen LogP contribution in [-0.2, 0) is 0 Å². The molecule has 32 heavy (non-hydrogen) atoms. The average Bonchev–Trinajstić information content (AvgIpc) is 2.80. The highest BCUT2D eigenvalue weighted by atomic mass is 16.3. The minimum atomic E-state index is -0.276. The molecule has 0 spiro atoms. The van der Waals surface area contributed by atoms with E-state index in [1.54, 1.807) is 0 Å². The zero-order valence-corrected chi connectivity index (χ0v) is 21.0. The molecule has 0 radical (unpaired) electrons. The minimum absolute atomic E-state index is 0.276. The molecule has 2 nitrogen and oxygen atoms in total. The van der Waals surface area contributed by atoms with Crippen LogP contribution in [0.4, 0.5) is 0 Å². The Morgan fingerprint density at radius 2 is 1.16 bits per heavy atom. The number of unbranched alkanes of at least 4 members (excludes halogenated alkanes) is 8. The molecule has 0 aliphatic heterocycles. The van der Waals surface area contributed by atoms with Gasteiger partial charge in [-0.05, 0) is 32.3 Å². The zero-order chi connectivity index (χ0) is 23.6. The van der Waals surface area contributed by atoms with Crippen LogP contribution in [0.1, 0.15) is 124 Å². The van der Waals surface area contributed by atoms with Crippen LogP contribution in [0.3, 0.4) is 0 Å². The van der Waals surface area contributed by atoms with Gasteiger partial charge in [-0.2, -0.15) is 0 Å². The molecule has 1 atom stereocenters. The lowest BCUT2D eigenvalue weighted by Gasteiger charge is -2.10. The van der Waals surface area contributed by atoms with Crippen molar-refractivity contribution in [3.63, 3.8) is 0 Å². The van der Waals surface area contributed by atoms with Gasteiger partial charge >= 0.3 is 0 Å². The summed E-state index contributed by atoms with van der Waals surface area (Å²) in [6.45, 7) is 8.54. The summed E-state index contributed by atoms with van der Waals surface area (Å²) in [5.41, 5.74) is 4.38. The van der Waals surface area contributed by atoms with Crippen molar-refractivity contribution in [1.29, 1.82) is 0 Å². The van der Waals surface area contributed by atoms with Crippen LogP contribution in [0.5, 0.6) is 0 Å². The Labute approximate surface area is 197 Å². The monoisotopic (exact) mass is 438 g/mol. The average molecular weight is 439 g/mol. The summed E-state index contributed by atoms with van der Waals surface area (Å²) < 4.78 is 0. The van der Waals surface area contributed by atoms with Crippen LogP contribution < -0.4 is 0 Å². The number of ketones is 1. The topological polar surface area (TPSA) is 37.3 Å². The zero-order valence-electron chi connectivity index (χ0n) is 21.0. The number of benzene rings is 2. The Bertz CT molecular complexity index is 716. The third kappa shape index (κ3) is 12.8. The van der Waals surface area contributed by atoms with Crippen molar-refractivity contribution in [3.05, 3.63) is 70.8 Å². The lowest BCUT2D eigenvalue weighted by Crippen LogP contribution is -1.98. The van der Waals surface area contributed by atoms with E-state index in [1.807, 2.05) is 43.3 Å². The molecule has 0 heterocycles. The number of hydrogen-bond acceptors (Lipinski definition) is 2. The Kier molecular flexibility index (Phi) is 15.5. The minimum Gasteiger partial charge on any atom is -0.388 e. The smallest absolute Gasteiger partial charge is 0.162 e. The number of carbonyl (C=O) groups excluding carboxylic acids is 1. The normalized spacial score (nSPS) is 11.5. The van der Waals surface area contributed by atoms with Gasteiger partial charge in [0, 0.05) is 12.0 Å². The van der Waals surface area contributed by atoms with Crippen molar-refractivity contribution >= 4 is 5.78 Å².